The fourth-order valence-corrected chi connectivity index (χ4v) is 6.84. The van der Waals surface area contributed by atoms with E-state index in [1.807, 2.05) is 17.0 Å². The van der Waals surface area contributed by atoms with E-state index in [4.69, 9.17) is 20.9 Å². The van der Waals surface area contributed by atoms with Gasteiger partial charge >= 0.3 is 0 Å². The second-order valence-corrected chi connectivity index (χ2v) is 14.7. The average molecular weight is 710 g/mol. The van der Waals surface area contributed by atoms with Crippen molar-refractivity contribution < 1.29 is 14.1 Å². The first-order valence-corrected chi connectivity index (χ1v) is 17.8. The third-order valence-electron chi connectivity index (χ3n) is 7.28. The quantitative estimate of drug-likeness (QED) is 0.130. The maximum absolute atomic E-state index is 13.4. The number of piperazine rings is 1. The van der Waals surface area contributed by atoms with E-state index in [-0.39, 0.29) is 5.91 Å². The Labute approximate surface area is 276 Å². The van der Waals surface area contributed by atoms with Crippen LogP contribution in [0.25, 0.3) is 16.6 Å². The monoisotopic (exact) mass is 708 g/mol. The van der Waals surface area contributed by atoms with E-state index in [1.54, 1.807) is 71.4 Å². The fourth-order valence-electron chi connectivity index (χ4n) is 5.14. The molecule has 1 amide bonds. The Kier molecular flexibility index (Phi) is 11.3. The zero-order valence-corrected chi connectivity index (χ0v) is 28.9. The summed E-state index contributed by atoms with van der Waals surface area (Å²) in [5, 5.41) is 14.9. The maximum atomic E-state index is 13.4. The number of ether oxygens (including phenoxy) is 1. The summed E-state index contributed by atoms with van der Waals surface area (Å²) in [5.41, 5.74) is 10.2. The lowest BCUT2D eigenvalue weighted by Crippen LogP contribution is -2.48. The number of methoxy groups -OCH3 is 1. The second-order valence-electron chi connectivity index (χ2n) is 10.7. The molecule has 2 aromatic carbocycles. The highest BCUT2D eigenvalue weighted by Gasteiger charge is 2.24. The number of aromatic nitrogens is 2. The van der Waals surface area contributed by atoms with Gasteiger partial charge in [0.15, 0.2) is 0 Å². The molecule has 0 spiro atoms. The number of nitrogens with zero attached hydrogens (tertiary/aromatic N) is 6. The van der Waals surface area contributed by atoms with Gasteiger partial charge in [0.05, 0.1) is 34.4 Å². The van der Waals surface area contributed by atoms with Crippen LogP contribution in [0.3, 0.4) is 0 Å². The third-order valence-corrected chi connectivity index (χ3v) is 9.39. The van der Waals surface area contributed by atoms with E-state index in [0.717, 1.165) is 17.6 Å². The minimum Gasteiger partial charge on any atom is -0.494 e. The number of carbonyl (C=O) groups is 1. The van der Waals surface area contributed by atoms with Crippen LogP contribution >= 0.6 is 23.1 Å². The lowest BCUT2D eigenvalue weighted by molar-refractivity contribution is -0.129. The van der Waals surface area contributed by atoms with E-state index in [9.17, 15) is 9.36 Å². The largest absolute Gasteiger partial charge is 0.494 e. The van der Waals surface area contributed by atoms with Crippen LogP contribution in [0.4, 0.5) is 17.1 Å². The van der Waals surface area contributed by atoms with Crippen molar-refractivity contribution in [2.45, 2.75) is 6.92 Å². The van der Waals surface area contributed by atoms with Crippen molar-refractivity contribution in [2.24, 2.45) is 15.7 Å². The number of anilines is 2. The first-order valence-electron chi connectivity index (χ1n) is 14.4. The van der Waals surface area contributed by atoms with E-state index < -0.39 is 7.14 Å². The average Bonchev–Trinajstić information content (AvgIpc) is 3.04. The van der Waals surface area contributed by atoms with Gasteiger partial charge in [-0.15, -0.1) is 0 Å². The molecule has 3 aromatic rings. The molecule has 5 N–H and O–H groups in total. The third kappa shape index (κ3) is 7.80. The first kappa shape index (κ1) is 34.3. The number of hydrogen-bond acceptors (Lipinski definition) is 11. The summed E-state index contributed by atoms with van der Waals surface area (Å²) in [6, 6.07) is 7.34. The van der Waals surface area contributed by atoms with Crippen LogP contribution in [0, 0.1) is 5.41 Å². The molecule has 15 heteroatoms. The molecular weight excluding hydrogens is 671 g/mol. The number of hydrogen-bond donors (Lipinski definition) is 4. The number of aliphatic imine (C=N–C) groups is 2. The van der Waals surface area contributed by atoms with Gasteiger partial charge in [0.1, 0.15) is 29.9 Å². The molecule has 242 valence electrons. The molecule has 4 rings (SSSR count). The van der Waals surface area contributed by atoms with E-state index in [0.29, 0.717) is 75.5 Å². The Balaban J connectivity index is 1.77. The van der Waals surface area contributed by atoms with Gasteiger partial charge in [-0.3, -0.25) is 19.8 Å². The van der Waals surface area contributed by atoms with Crippen LogP contribution in [-0.2, 0) is 9.36 Å². The number of rotatable bonds is 11. The van der Waals surface area contributed by atoms with Crippen LogP contribution in [0.1, 0.15) is 12.5 Å². The number of allylic oxidation sites excluding steroid dienone is 2. The summed E-state index contributed by atoms with van der Waals surface area (Å²) in [6.45, 7) is 7.39. The lowest BCUT2D eigenvalue weighted by atomic mass is 10.0. The number of benzene rings is 2. The first-order chi connectivity index (χ1) is 22.0. The number of carbonyl (C=O) groups excluding carboxylic acids is 1. The molecule has 1 aliphatic heterocycles. The zero-order chi connectivity index (χ0) is 33.4. The van der Waals surface area contributed by atoms with Crippen molar-refractivity contribution >= 4 is 86.7 Å². The highest BCUT2D eigenvalue weighted by atomic mass is 79.9. The van der Waals surface area contributed by atoms with Gasteiger partial charge in [-0.25, -0.2) is 4.99 Å². The van der Waals surface area contributed by atoms with E-state index >= 15 is 0 Å². The molecule has 1 saturated heterocycles. The summed E-state index contributed by atoms with van der Waals surface area (Å²) >= 11 is 3.57. The number of nitrogens with one attached hydrogen (secondary N) is 3. The molecular formula is C31H38BrN10O3P. The summed E-state index contributed by atoms with van der Waals surface area (Å²) in [7, 11) is 0.526. The number of halogens is 1. The molecule has 0 radical (unpaired) electrons. The molecule has 0 atom stereocenters. The Hall–Kier alpha value is -4.55. The van der Waals surface area contributed by atoms with E-state index in [1.165, 1.54) is 6.21 Å². The minimum atomic E-state index is -2.82. The van der Waals surface area contributed by atoms with Crippen molar-refractivity contribution in [1.29, 1.82) is 5.41 Å². The highest BCUT2D eigenvalue weighted by molar-refractivity contribution is 9.12. The van der Waals surface area contributed by atoms with Crippen LogP contribution in [0.5, 0.6) is 5.75 Å². The van der Waals surface area contributed by atoms with Gasteiger partial charge in [0.2, 0.25) is 5.91 Å². The molecule has 0 bridgehead atoms. The Morgan fingerprint density at radius 2 is 1.89 bits per heavy atom. The summed E-state index contributed by atoms with van der Waals surface area (Å²) in [5.74, 6) is 0.884. The van der Waals surface area contributed by atoms with Gasteiger partial charge in [0.25, 0.3) is 0 Å². The van der Waals surface area contributed by atoms with Gasteiger partial charge < -0.3 is 40.9 Å². The smallest absolute Gasteiger partial charge is 0.219 e. The van der Waals surface area contributed by atoms with Crippen LogP contribution in [-0.4, -0.2) is 93.2 Å². The van der Waals surface area contributed by atoms with Gasteiger partial charge in [-0.05, 0) is 47.5 Å². The van der Waals surface area contributed by atoms with Crippen LogP contribution < -0.4 is 31.3 Å². The Bertz CT molecular complexity index is 1790. The van der Waals surface area contributed by atoms with Gasteiger partial charge in [0, 0.05) is 94.1 Å². The Morgan fingerprint density at radius 3 is 2.50 bits per heavy atom. The predicted octanol–water partition coefficient (Wildman–Crippen LogP) is 4.13. The lowest BCUT2D eigenvalue weighted by Gasteiger charge is -2.37. The molecule has 0 unspecified atom stereocenters. The predicted molar refractivity (Wildman–Crippen MR) is 192 cm³/mol. The van der Waals surface area contributed by atoms with Crippen molar-refractivity contribution in [2.75, 3.05) is 63.9 Å². The van der Waals surface area contributed by atoms with Crippen molar-refractivity contribution in [1.82, 2.24) is 20.2 Å². The molecule has 1 fully saturated rings. The molecule has 2 heterocycles. The molecule has 1 aliphatic rings. The van der Waals surface area contributed by atoms with Gasteiger partial charge in [-0.1, -0.05) is 0 Å². The van der Waals surface area contributed by atoms with Gasteiger partial charge in [-0.2, -0.15) is 0 Å². The standard InChI is InChI=1S/C31H38BrN10O3P/c1-20(43)41-10-12-42(13-11-41)27-15-28(45-3)26(14-22(27)21(16-33)17-35-2)38-18-23(32)31(39-19-34)40-25-7-6-24-29(37-9-8-36-24)30(25)46(4,5)44/h6-9,14-19,33,35,40H,10-13H2,1-5H3,(H2,34,39)/b21-17+,31-23-,33-16?,38-18-. The molecule has 46 heavy (non-hydrogen) atoms. The zero-order valence-electron chi connectivity index (χ0n) is 26.4. The van der Waals surface area contributed by atoms with E-state index in [2.05, 4.69) is 46.4 Å². The molecule has 13 nitrogen and oxygen atoms in total. The van der Waals surface area contributed by atoms with Crippen LogP contribution in [0.2, 0.25) is 0 Å². The summed E-state index contributed by atoms with van der Waals surface area (Å²) in [6.07, 6.45) is 8.89. The second kappa shape index (κ2) is 15.2. The number of amides is 1. The highest BCUT2D eigenvalue weighted by Crippen LogP contribution is 2.41. The SMILES string of the molecule is CN/C=C(\C=N)c1cc(\N=C/C(Br)=C(\N=C\N)Nc2ccc3nccnc3c2P(C)(C)=O)c(OC)cc1N1CCN(C(C)=O)CC1. The molecule has 1 aromatic heterocycles. The fraction of sp³-hybridized carbons (Fsp3) is 0.290. The molecule has 0 saturated carbocycles. The summed E-state index contributed by atoms with van der Waals surface area (Å²) in [4.78, 5) is 33.7. The normalized spacial score (nSPS) is 15.0. The molecule has 0 aliphatic carbocycles. The van der Waals surface area contributed by atoms with Crippen molar-refractivity contribution in [3.8, 4) is 5.75 Å². The Morgan fingerprint density at radius 1 is 1.17 bits per heavy atom. The van der Waals surface area contributed by atoms with Crippen molar-refractivity contribution in [3.05, 3.63) is 58.7 Å². The summed E-state index contributed by atoms with van der Waals surface area (Å²) < 4.78 is 19.6. The van der Waals surface area contributed by atoms with Crippen molar-refractivity contribution in [3.63, 3.8) is 0 Å². The number of nitrogens with two attached hydrogens (primary N) is 1. The number of fused-ring (bicyclic) bond motifs is 1. The topological polar surface area (TPSA) is 174 Å². The maximum Gasteiger partial charge on any atom is 0.219 e. The minimum absolute atomic E-state index is 0.0489. The van der Waals surface area contributed by atoms with Crippen LogP contribution in [0.15, 0.2) is 63.1 Å².